The van der Waals surface area contributed by atoms with Crippen molar-refractivity contribution in [3.8, 4) is 0 Å². The Morgan fingerprint density at radius 3 is 2.50 bits per heavy atom. The molecule has 0 amide bonds. The lowest BCUT2D eigenvalue weighted by atomic mass is 9.93. The molecule has 1 fully saturated rings. The summed E-state index contributed by atoms with van der Waals surface area (Å²) in [6, 6.07) is 4.69. The van der Waals surface area contributed by atoms with Gasteiger partial charge in [-0.05, 0) is 18.1 Å². The van der Waals surface area contributed by atoms with Crippen LogP contribution in [0.5, 0.6) is 0 Å². The Labute approximate surface area is 102 Å². The molecular weight excluding hydrogens is 243 g/mol. The monoisotopic (exact) mass is 255 g/mol. The number of Topliss-reactive ketones (excluding diaryl/α,β-unsaturated/α-hetero) is 1. The van der Waals surface area contributed by atoms with E-state index in [4.69, 9.17) is 5.41 Å². The highest BCUT2D eigenvalue weighted by Crippen LogP contribution is 2.35. The average Bonchev–Trinajstić information content (AvgIpc) is 2.52. The molecule has 96 valence electrons. The number of benzene rings is 1. The van der Waals surface area contributed by atoms with Crippen molar-refractivity contribution >= 4 is 11.5 Å². The van der Waals surface area contributed by atoms with E-state index in [9.17, 15) is 18.0 Å². The SMILES string of the molecule is CC1CC(=N)C(c2cccc(C(F)(F)F)c2)C1=O. The molecular formula is C13H12F3NO. The summed E-state index contributed by atoms with van der Waals surface area (Å²) in [5, 5.41) is 7.73. The highest BCUT2D eigenvalue weighted by atomic mass is 19.4. The van der Waals surface area contributed by atoms with Crippen molar-refractivity contribution in [1.82, 2.24) is 0 Å². The molecule has 0 radical (unpaired) electrons. The first-order chi connectivity index (χ1) is 8.30. The number of halogens is 3. The van der Waals surface area contributed by atoms with Crippen molar-refractivity contribution in [3.05, 3.63) is 35.4 Å². The summed E-state index contributed by atoms with van der Waals surface area (Å²) >= 11 is 0. The summed E-state index contributed by atoms with van der Waals surface area (Å²) in [7, 11) is 0. The second-order valence-electron chi connectivity index (χ2n) is 4.59. The quantitative estimate of drug-likeness (QED) is 0.820. The predicted molar refractivity (Wildman–Crippen MR) is 60.7 cm³/mol. The van der Waals surface area contributed by atoms with E-state index in [1.807, 2.05) is 0 Å². The van der Waals surface area contributed by atoms with E-state index in [2.05, 4.69) is 0 Å². The highest BCUT2D eigenvalue weighted by molar-refractivity contribution is 6.15. The van der Waals surface area contributed by atoms with E-state index in [1.165, 1.54) is 12.1 Å². The summed E-state index contributed by atoms with van der Waals surface area (Å²) in [6.45, 7) is 1.70. The molecule has 5 heteroatoms. The Bertz CT molecular complexity index is 507. The minimum absolute atomic E-state index is 0.167. The van der Waals surface area contributed by atoms with Gasteiger partial charge in [-0.25, -0.2) is 0 Å². The fourth-order valence-electron chi connectivity index (χ4n) is 2.26. The standard InChI is InChI=1S/C13H12F3NO/c1-7-5-10(17)11(12(7)18)8-3-2-4-9(6-8)13(14,15)16/h2-4,6-7,11,17H,5H2,1H3. The number of hydrogen-bond acceptors (Lipinski definition) is 2. The number of carbonyl (C=O) groups is 1. The van der Waals surface area contributed by atoms with E-state index < -0.39 is 17.7 Å². The molecule has 0 aromatic heterocycles. The first kappa shape index (κ1) is 12.8. The van der Waals surface area contributed by atoms with Gasteiger partial charge in [-0.15, -0.1) is 0 Å². The minimum Gasteiger partial charge on any atom is -0.309 e. The molecule has 1 aliphatic rings. The lowest BCUT2D eigenvalue weighted by Crippen LogP contribution is -2.15. The fourth-order valence-corrected chi connectivity index (χ4v) is 2.26. The lowest BCUT2D eigenvalue weighted by molar-refractivity contribution is -0.137. The third-order valence-corrected chi connectivity index (χ3v) is 3.19. The van der Waals surface area contributed by atoms with Gasteiger partial charge in [-0.1, -0.05) is 25.1 Å². The molecule has 18 heavy (non-hydrogen) atoms. The zero-order chi connectivity index (χ0) is 13.5. The van der Waals surface area contributed by atoms with E-state index in [0.717, 1.165) is 12.1 Å². The molecule has 1 aromatic carbocycles. The van der Waals surface area contributed by atoms with Gasteiger partial charge in [0, 0.05) is 11.6 Å². The summed E-state index contributed by atoms with van der Waals surface area (Å²) in [5.74, 6) is -1.25. The Balaban J connectivity index is 2.41. The van der Waals surface area contributed by atoms with Crippen LogP contribution in [-0.2, 0) is 11.0 Å². The zero-order valence-corrected chi connectivity index (χ0v) is 9.71. The molecule has 2 unspecified atom stereocenters. The van der Waals surface area contributed by atoms with Gasteiger partial charge in [0.1, 0.15) is 5.78 Å². The van der Waals surface area contributed by atoms with Crippen LogP contribution in [0.25, 0.3) is 0 Å². The van der Waals surface area contributed by atoms with Crippen LogP contribution in [0.2, 0.25) is 0 Å². The number of nitrogens with one attached hydrogen (secondary N) is 1. The van der Waals surface area contributed by atoms with Crippen LogP contribution in [0.15, 0.2) is 24.3 Å². The topological polar surface area (TPSA) is 40.9 Å². The smallest absolute Gasteiger partial charge is 0.309 e. The third-order valence-electron chi connectivity index (χ3n) is 3.19. The molecule has 1 aromatic rings. The number of ketones is 1. The van der Waals surface area contributed by atoms with Gasteiger partial charge in [0.05, 0.1) is 11.5 Å². The van der Waals surface area contributed by atoms with Gasteiger partial charge in [0.15, 0.2) is 0 Å². The Morgan fingerprint density at radius 1 is 1.33 bits per heavy atom. The van der Waals surface area contributed by atoms with Crippen molar-refractivity contribution in [2.24, 2.45) is 5.92 Å². The van der Waals surface area contributed by atoms with Crippen molar-refractivity contribution in [2.75, 3.05) is 0 Å². The maximum absolute atomic E-state index is 12.6. The number of rotatable bonds is 1. The largest absolute Gasteiger partial charge is 0.416 e. The normalized spacial score (nSPS) is 24.7. The Kier molecular flexibility index (Phi) is 3.00. The fraction of sp³-hybridized carbons (Fsp3) is 0.385. The van der Waals surface area contributed by atoms with Crippen LogP contribution in [0.4, 0.5) is 13.2 Å². The maximum Gasteiger partial charge on any atom is 0.416 e. The van der Waals surface area contributed by atoms with Gasteiger partial charge in [-0.3, -0.25) is 4.79 Å². The van der Waals surface area contributed by atoms with Gasteiger partial charge in [0.25, 0.3) is 0 Å². The second-order valence-corrected chi connectivity index (χ2v) is 4.59. The molecule has 0 heterocycles. The number of hydrogen-bond donors (Lipinski definition) is 1. The van der Waals surface area contributed by atoms with Crippen molar-refractivity contribution < 1.29 is 18.0 Å². The first-order valence-corrected chi connectivity index (χ1v) is 5.59. The molecule has 0 saturated heterocycles. The van der Waals surface area contributed by atoms with Crippen LogP contribution in [0, 0.1) is 11.3 Å². The molecule has 1 saturated carbocycles. The molecule has 0 bridgehead atoms. The highest BCUT2D eigenvalue weighted by Gasteiger charge is 2.38. The summed E-state index contributed by atoms with van der Waals surface area (Å²) in [5.41, 5.74) is -0.309. The molecule has 2 rings (SSSR count). The lowest BCUT2D eigenvalue weighted by Gasteiger charge is -2.13. The number of alkyl halides is 3. The van der Waals surface area contributed by atoms with Crippen LogP contribution in [-0.4, -0.2) is 11.5 Å². The predicted octanol–water partition coefficient (Wildman–Crippen LogP) is 3.42. The van der Waals surface area contributed by atoms with Crippen molar-refractivity contribution in [2.45, 2.75) is 25.4 Å². The van der Waals surface area contributed by atoms with Crippen LogP contribution in [0.3, 0.4) is 0 Å². The molecule has 2 atom stereocenters. The summed E-state index contributed by atoms with van der Waals surface area (Å²) < 4.78 is 37.8. The van der Waals surface area contributed by atoms with Crippen LogP contribution in [0.1, 0.15) is 30.4 Å². The Hall–Kier alpha value is -1.65. The van der Waals surface area contributed by atoms with Crippen molar-refractivity contribution in [1.29, 1.82) is 5.41 Å². The van der Waals surface area contributed by atoms with E-state index in [1.54, 1.807) is 6.92 Å². The van der Waals surface area contributed by atoms with E-state index in [-0.39, 0.29) is 23.0 Å². The Morgan fingerprint density at radius 2 is 2.00 bits per heavy atom. The number of carbonyl (C=O) groups excluding carboxylic acids is 1. The van der Waals surface area contributed by atoms with Crippen LogP contribution < -0.4 is 0 Å². The first-order valence-electron chi connectivity index (χ1n) is 5.59. The molecule has 0 aliphatic heterocycles. The average molecular weight is 255 g/mol. The molecule has 1 aliphatic carbocycles. The zero-order valence-electron chi connectivity index (χ0n) is 9.71. The molecule has 1 N–H and O–H groups in total. The van der Waals surface area contributed by atoms with Gasteiger partial charge < -0.3 is 5.41 Å². The molecule has 2 nitrogen and oxygen atoms in total. The van der Waals surface area contributed by atoms with E-state index in [0.29, 0.717) is 6.42 Å². The van der Waals surface area contributed by atoms with Crippen molar-refractivity contribution in [3.63, 3.8) is 0 Å². The molecule has 0 spiro atoms. The van der Waals surface area contributed by atoms with Gasteiger partial charge in [0.2, 0.25) is 0 Å². The van der Waals surface area contributed by atoms with Crippen LogP contribution >= 0.6 is 0 Å². The maximum atomic E-state index is 12.6. The second kappa shape index (κ2) is 4.23. The minimum atomic E-state index is -4.43. The van der Waals surface area contributed by atoms with E-state index >= 15 is 0 Å². The summed E-state index contributed by atoms with van der Waals surface area (Å²) in [6.07, 6.45) is -4.09. The van der Waals surface area contributed by atoms with Gasteiger partial charge in [-0.2, -0.15) is 13.2 Å². The third kappa shape index (κ3) is 2.17. The summed E-state index contributed by atoms with van der Waals surface area (Å²) in [4.78, 5) is 11.9. The van der Waals surface area contributed by atoms with Gasteiger partial charge >= 0.3 is 6.18 Å².